The maximum absolute atomic E-state index is 12.6. The van der Waals surface area contributed by atoms with Gasteiger partial charge in [-0.05, 0) is 38.5 Å². The highest BCUT2D eigenvalue weighted by Gasteiger charge is 2.32. The molecule has 1 fully saturated rings. The van der Waals surface area contributed by atoms with Gasteiger partial charge >= 0.3 is 0 Å². The van der Waals surface area contributed by atoms with Crippen LogP contribution in [0.25, 0.3) is 0 Å². The quantitative estimate of drug-likeness (QED) is 0.919. The fraction of sp³-hybridized carbons (Fsp3) is 0.571. The maximum Gasteiger partial charge on any atom is 0.243 e. The van der Waals surface area contributed by atoms with Gasteiger partial charge in [0.05, 0.1) is 23.2 Å². The van der Waals surface area contributed by atoms with Gasteiger partial charge in [-0.3, -0.25) is 0 Å². The number of hydrogen-bond donors (Lipinski definition) is 1. The smallest absolute Gasteiger partial charge is 0.243 e. The molecule has 3 atom stereocenters. The Morgan fingerprint density at radius 2 is 1.90 bits per heavy atom. The van der Waals surface area contributed by atoms with Crippen molar-refractivity contribution in [1.29, 1.82) is 0 Å². The number of nitrogens with zero attached hydrogens (tertiary/aromatic N) is 1. The van der Waals surface area contributed by atoms with Crippen molar-refractivity contribution in [2.75, 3.05) is 13.1 Å². The normalized spacial score (nSPS) is 26.4. The second-order valence-electron chi connectivity index (χ2n) is 5.33. The van der Waals surface area contributed by atoms with Crippen LogP contribution in [0.4, 0.5) is 0 Å². The topological polar surface area (TPSA) is 66.8 Å². The fourth-order valence-corrected chi connectivity index (χ4v) is 4.06. The van der Waals surface area contributed by atoms with Crippen molar-refractivity contribution in [2.24, 2.45) is 0 Å². The summed E-state index contributed by atoms with van der Waals surface area (Å²) in [5.41, 5.74) is 0.598. The van der Waals surface area contributed by atoms with E-state index in [1.54, 1.807) is 25.1 Å². The van der Waals surface area contributed by atoms with Crippen molar-refractivity contribution >= 4 is 10.0 Å². The second-order valence-corrected chi connectivity index (χ2v) is 7.27. The van der Waals surface area contributed by atoms with E-state index in [0.717, 1.165) is 0 Å². The summed E-state index contributed by atoms with van der Waals surface area (Å²) >= 11 is 0. The third kappa shape index (κ3) is 3.20. The van der Waals surface area contributed by atoms with Gasteiger partial charge in [0.25, 0.3) is 0 Å². The SMILES string of the molecule is CC1CN(S(=O)(=O)c2cccc(C(C)O)c2)CC(C)O1. The van der Waals surface area contributed by atoms with Crippen LogP contribution in [-0.2, 0) is 14.8 Å². The summed E-state index contributed by atoms with van der Waals surface area (Å²) in [7, 11) is -3.54. The Balaban J connectivity index is 2.32. The minimum atomic E-state index is -3.54. The molecular formula is C14H21NO4S. The molecular weight excluding hydrogens is 278 g/mol. The van der Waals surface area contributed by atoms with Crippen LogP contribution in [0.2, 0.25) is 0 Å². The van der Waals surface area contributed by atoms with E-state index in [1.165, 1.54) is 10.4 Å². The zero-order valence-corrected chi connectivity index (χ0v) is 12.8. The van der Waals surface area contributed by atoms with Gasteiger partial charge in [-0.2, -0.15) is 4.31 Å². The van der Waals surface area contributed by atoms with Gasteiger partial charge in [-0.25, -0.2) is 8.42 Å². The van der Waals surface area contributed by atoms with Crippen LogP contribution < -0.4 is 0 Å². The molecule has 1 N–H and O–H groups in total. The first-order valence-corrected chi connectivity index (χ1v) is 8.18. The summed E-state index contributed by atoms with van der Waals surface area (Å²) < 4.78 is 32.3. The molecule has 0 aromatic heterocycles. The van der Waals surface area contributed by atoms with Crippen LogP contribution in [0.15, 0.2) is 29.2 Å². The molecule has 0 saturated carbocycles. The lowest BCUT2D eigenvalue weighted by Crippen LogP contribution is -2.48. The number of hydrogen-bond acceptors (Lipinski definition) is 4. The Hall–Kier alpha value is -0.950. The summed E-state index contributed by atoms with van der Waals surface area (Å²) in [6.45, 7) is 6.05. The Morgan fingerprint density at radius 1 is 1.30 bits per heavy atom. The lowest BCUT2D eigenvalue weighted by atomic mass is 10.1. The predicted octanol–water partition coefficient (Wildman–Crippen LogP) is 1.54. The van der Waals surface area contributed by atoms with Gasteiger partial charge in [-0.1, -0.05) is 12.1 Å². The van der Waals surface area contributed by atoms with E-state index in [9.17, 15) is 13.5 Å². The van der Waals surface area contributed by atoms with Crippen LogP contribution in [0.5, 0.6) is 0 Å². The number of morpholine rings is 1. The first-order valence-electron chi connectivity index (χ1n) is 6.74. The third-order valence-electron chi connectivity index (χ3n) is 3.36. The molecule has 5 nitrogen and oxygen atoms in total. The average molecular weight is 299 g/mol. The minimum Gasteiger partial charge on any atom is -0.389 e. The lowest BCUT2D eigenvalue weighted by molar-refractivity contribution is -0.0440. The highest BCUT2D eigenvalue weighted by molar-refractivity contribution is 7.89. The molecule has 3 unspecified atom stereocenters. The Labute approximate surface area is 120 Å². The second kappa shape index (κ2) is 5.81. The van der Waals surface area contributed by atoms with E-state index in [1.807, 2.05) is 13.8 Å². The molecule has 0 amide bonds. The molecule has 1 aliphatic rings. The zero-order valence-electron chi connectivity index (χ0n) is 12.0. The number of sulfonamides is 1. The molecule has 2 rings (SSSR count). The Kier molecular flexibility index (Phi) is 4.49. The molecule has 0 spiro atoms. The Morgan fingerprint density at radius 3 is 2.45 bits per heavy atom. The average Bonchev–Trinajstić information content (AvgIpc) is 2.37. The van der Waals surface area contributed by atoms with Gasteiger partial charge in [0, 0.05) is 13.1 Å². The fourth-order valence-electron chi connectivity index (χ4n) is 2.41. The van der Waals surface area contributed by atoms with E-state index in [0.29, 0.717) is 18.7 Å². The number of aliphatic hydroxyl groups is 1. The molecule has 6 heteroatoms. The molecule has 0 radical (unpaired) electrons. The standard InChI is InChI=1S/C14H21NO4S/c1-10-8-15(9-11(2)19-10)20(17,18)14-6-4-5-13(7-14)12(3)16/h4-7,10-12,16H,8-9H2,1-3H3. The summed E-state index contributed by atoms with van der Waals surface area (Å²) in [5, 5.41) is 9.58. The summed E-state index contributed by atoms with van der Waals surface area (Å²) in [6, 6.07) is 6.47. The van der Waals surface area contributed by atoms with E-state index < -0.39 is 16.1 Å². The number of rotatable bonds is 3. The molecule has 1 aliphatic heterocycles. The van der Waals surface area contributed by atoms with Gasteiger partial charge < -0.3 is 9.84 Å². The van der Waals surface area contributed by atoms with Crippen LogP contribution in [0.1, 0.15) is 32.4 Å². The Bertz CT molecular complexity index is 560. The highest BCUT2D eigenvalue weighted by Crippen LogP contribution is 2.23. The number of ether oxygens (including phenoxy) is 1. The van der Waals surface area contributed by atoms with Crippen molar-refractivity contribution in [3.8, 4) is 0 Å². The summed E-state index contributed by atoms with van der Waals surface area (Å²) in [5.74, 6) is 0. The van der Waals surface area contributed by atoms with Crippen molar-refractivity contribution in [3.63, 3.8) is 0 Å². The van der Waals surface area contributed by atoms with Crippen LogP contribution in [0, 0.1) is 0 Å². The molecule has 20 heavy (non-hydrogen) atoms. The van der Waals surface area contributed by atoms with E-state index in [2.05, 4.69) is 0 Å². The van der Waals surface area contributed by atoms with Gasteiger partial charge in [0.15, 0.2) is 0 Å². The summed E-state index contributed by atoms with van der Waals surface area (Å²) in [4.78, 5) is 0.220. The monoisotopic (exact) mass is 299 g/mol. The number of benzene rings is 1. The highest BCUT2D eigenvalue weighted by atomic mass is 32.2. The van der Waals surface area contributed by atoms with Crippen molar-refractivity contribution in [3.05, 3.63) is 29.8 Å². The maximum atomic E-state index is 12.6. The van der Waals surface area contributed by atoms with E-state index in [-0.39, 0.29) is 17.1 Å². The zero-order chi connectivity index (χ0) is 14.9. The molecule has 1 saturated heterocycles. The molecule has 0 aliphatic carbocycles. The predicted molar refractivity (Wildman–Crippen MR) is 75.8 cm³/mol. The molecule has 0 bridgehead atoms. The number of aliphatic hydroxyl groups excluding tert-OH is 1. The largest absolute Gasteiger partial charge is 0.389 e. The van der Waals surface area contributed by atoms with Crippen LogP contribution in [-0.4, -0.2) is 43.1 Å². The van der Waals surface area contributed by atoms with Crippen molar-refractivity contribution in [1.82, 2.24) is 4.31 Å². The first kappa shape index (κ1) is 15.4. The molecule has 1 heterocycles. The summed E-state index contributed by atoms with van der Waals surface area (Å²) in [6.07, 6.45) is -0.922. The van der Waals surface area contributed by atoms with Gasteiger partial charge in [-0.15, -0.1) is 0 Å². The first-order chi connectivity index (χ1) is 9.30. The van der Waals surface area contributed by atoms with Crippen molar-refractivity contribution in [2.45, 2.75) is 44.0 Å². The molecule has 1 aromatic carbocycles. The van der Waals surface area contributed by atoms with E-state index in [4.69, 9.17) is 4.74 Å². The third-order valence-corrected chi connectivity index (χ3v) is 5.19. The lowest BCUT2D eigenvalue weighted by Gasteiger charge is -2.34. The molecule has 1 aromatic rings. The van der Waals surface area contributed by atoms with Crippen LogP contribution in [0.3, 0.4) is 0 Å². The van der Waals surface area contributed by atoms with Crippen LogP contribution >= 0.6 is 0 Å². The van der Waals surface area contributed by atoms with Gasteiger partial charge in [0.2, 0.25) is 10.0 Å². The van der Waals surface area contributed by atoms with Gasteiger partial charge in [0.1, 0.15) is 0 Å². The van der Waals surface area contributed by atoms with E-state index >= 15 is 0 Å². The molecule has 112 valence electrons. The minimum absolute atomic E-state index is 0.117. The van der Waals surface area contributed by atoms with Crippen molar-refractivity contribution < 1.29 is 18.3 Å².